The van der Waals surface area contributed by atoms with Crippen LogP contribution in [0.3, 0.4) is 0 Å². The Morgan fingerprint density at radius 2 is 2.27 bits per heavy atom. The number of aliphatic hydroxyl groups excluding tert-OH is 1. The molecule has 2 aromatic rings. The lowest BCUT2D eigenvalue weighted by molar-refractivity contribution is -0.128. The molecular weight excluding hydrogens is 442 g/mol. The maximum absolute atomic E-state index is 12.2. The van der Waals surface area contributed by atoms with E-state index in [0.717, 1.165) is 53.7 Å². The summed E-state index contributed by atoms with van der Waals surface area (Å²) in [6, 6.07) is 7.53. The molecule has 6 nitrogen and oxygen atoms in total. The molecule has 0 aliphatic carbocycles. The SMILES string of the molecule is O=C1CC[C@H](C=C[C@@H](O)Cc2cccc(Cl)c2)N1CCSCCCc1nsc(=O)[nH]1. The van der Waals surface area contributed by atoms with Crippen LogP contribution in [0.15, 0.2) is 41.2 Å². The van der Waals surface area contributed by atoms with Gasteiger partial charge in [-0.15, -0.1) is 0 Å². The Balaban J connectivity index is 1.38. The Morgan fingerprint density at radius 3 is 3.03 bits per heavy atom. The van der Waals surface area contributed by atoms with Crippen LogP contribution in [-0.2, 0) is 17.6 Å². The lowest BCUT2D eigenvalue weighted by atomic mass is 10.1. The molecule has 0 saturated carbocycles. The number of aliphatic hydroxyl groups is 1. The number of thioether (sulfide) groups is 1. The zero-order chi connectivity index (χ0) is 21.3. The zero-order valence-corrected chi connectivity index (χ0v) is 19.0. The van der Waals surface area contributed by atoms with E-state index in [9.17, 15) is 14.7 Å². The number of halogens is 1. The second-order valence-corrected chi connectivity index (χ2v) is 9.63. The average Bonchev–Trinajstić information content (AvgIpc) is 3.28. The third-order valence-corrected chi connectivity index (χ3v) is 6.79. The molecule has 0 bridgehead atoms. The number of aromatic amines is 1. The molecule has 1 saturated heterocycles. The molecule has 0 radical (unpaired) electrons. The molecule has 1 aromatic carbocycles. The molecule has 3 rings (SSSR count). The van der Waals surface area contributed by atoms with Crippen LogP contribution in [0.1, 0.15) is 30.7 Å². The minimum Gasteiger partial charge on any atom is -0.389 e. The Kier molecular flexibility index (Phi) is 8.99. The summed E-state index contributed by atoms with van der Waals surface area (Å²) in [7, 11) is 0. The summed E-state index contributed by atoms with van der Waals surface area (Å²) >= 11 is 8.75. The third-order valence-electron chi connectivity index (χ3n) is 4.93. The van der Waals surface area contributed by atoms with Crippen molar-refractivity contribution >= 4 is 40.8 Å². The molecule has 1 aliphatic heterocycles. The molecule has 1 fully saturated rings. The van der Waals surface area contributed by atoms with E-state index in [1.165, 1.54) is 0 Å². The smallest absolute Gasteiger partial charge is 0.323 e. The van der Waals surface area contributed by atoms with Gasteiger partial charge in [0.15, 0.2) is 0 Å². The molecule has 2 heterocycles. The fourth-order valence-electron chi connectivity index (χ4n) is 3.45. The topological polar surface area (TPSA) is 86.3 Å². The number of benzene rings is 1. The van der Waals surface area contributed by atoms with E-state index >= 15 is 0 Å². The summed E-state index contributed by atoms with van der Waals surface area (Å²) in [5, 5.41) is 11.0. The molecule has 0 spiro atoms. The average molecular weight is 468 g/mol. The van der Waals surface area contributed by atoms with Crippen molar-refractivity contribution in [1.82, 2.24) is 14.3 Å². The van der Waals surface area contributed by atoms with Gasteiger partial charge >= 0.3 is 4.87 Å². The van der Waals surface area contributed by atoms with Gasteiger partial charge in [0.05, 0.1) is 12.1 Å². The van der Waals surface area contributed by atoms with Gasteiger partial charge in [-0.3, -0.25) is 14.6 Å². The summed E-state index contributed by atoms with van der Waals surface area (Å²) in [6.45, 7) is 0.705. The first kappa shape index (κ1) is 23.1. The number of hydrogen-bond acceptors (Lipinski definition) is 6. The monoisotopic (exact) mass is 467 g/mol. The molecular formula is C21H26ClN3O3S2. The standard InChI is InChI=1S/C21H26ClN3O3S2/c22-16-4-1-3-15(13-16)14-18(26)8-6-17-7-9-20(27)25(17)10-12-29-11-2-5-19-23-21(28)30-24-19/h1,3-4,6,8,13,17-18,26H,2,5,7,9-12,14H2,(H,23,24,28)/t17-,18+/m0/s1. The van der Waals surface area contributed by atoms with E-state index in [2.05, 4.69) is 9.36 Å². The van der Waals surface area contributed by atoms with Gasteiger partial charge in [0.2, 0.25) is 5.91 Å². The van der Waals surface area contributed by atoms with Crippen LogP contribution in [0.25, 0.3) is 0 Å². The fraction of sp³-hybridized carbons (Fsp3) is 0.476. The number of aryl methyl sites for hydroxylation is 1. The first-order valence-electron chi connectivity index (χ1n) is 10.0. The van der Waals surface area contributed by atoms with Gasteiger partial charge in [0.1, 0.15) is 5.82 Å². The zero-order valence-electron chi connectivity index (χ0n) is 16.6. The minimum absolute atomic E-state index is 0.0483. The Bertz CT molecular complexity index is 915. The van der Waals surface area contributed by atoms with Crippen LogP contribution >= 0.6 is 34.9 Å². The number of carbonyl (C=O) groups excluding carboxylic acids is 1. The number of amides is 1. The van der Waals surface area contributed by atoms with Crippen molar-refractivity contribution in [1.29, 1.82) is 0 Å². The third kappa shape index (κ3) is 7.27. The second-order valence-electron chi connectivity index (χ2n) is 7.24. The van der Waals surface area contributed by atoms with Crippen molar-refractivity contribution in [3.05, 3.63) is 62.5 Å². The second kappa shape index (κ2) is 11.7. The van der Waals surface area contributed by atoms with Gasteiger partial charge in [-0.05, 0) is 36.3 Å². The van der Waals surface area contributed by atoms with Crippen molar-refractivity contribution in [2.75, 3.05) is 18.1 Å². The van der Waals surface area contributed by atoms with Gasteiger partial charge in [-0.1, -0.05) is 35.9 Å². The van der Waals surface area contributed by atoms with Crippen LogP contribution in [0, 0.1) is 0 Å². The Hall–Kier alpha value is -1.61. The van der Waals surface area contributed by atoms with Crippen LogP contribution in [-0.4, -0.2) is 55.5 Å². The first-order valence-corrected chi connectivity index (χ1v) is 12.3. The van der Waals surface area contributed by atoms with E-state index < -0.39 is 6.10 Å². The van der Waals surface area contributed by atoms with Crippen LogP contribution in [0.4, 0.5) is 0 Å². The van der Waals surface area contributed by atoms with Gasteiger partial charge in [-0.2, -0.15) is 16.1 Å². The summed E-state index contributed by atoms with van der Waals surface area (Å²) in [4.78, 5) is 27.8. The van der Waals surface area contributed by atoms with E-state index in [1.807, 2.05) is 35.2 Å². The van der Waals surface area contributed by atoms with E-state index in [4.69, 9.17) is 11.6 Å². The maximum atomic E-state index is 12.2. The fourth-order valence-corrected chi connectivity index (χ4v) is 5.04. The first-order chi connectivity index (χ1) is 14.5. The Labute approximate surface area is 189 Å². The predicted octanol–water partition coefficient (Wildman–Crippen LogP) is 3.30. The lowest BCUT2D eigenvalue weighted by Gasteiger charge is -2.22. The van der Waals surface area contributed by atoms with Crippen LogP contribution in [0.5, 0.6) is 0 Å². The van der Waals surface area contributed by atoms with Crippen molar-refractivity contribution in [3.63, 3.8) is 0 Å². The van der Waals surface area contributed by atoms with E-state index in [-0.39, 0.29) is 16.8 Å². The van der Waals surface area contributed by atoms with Crippen LogP contribution in [0.2, 0.25) is 5.02 Å². The molecule has 1 aromatic heterocycles. The quantitative estimate of drug-likeness (QED) is 0.391. The number of hydrogen-bond donors (Lipinski definition) is 2. The van der Waals surface area contributed by atoms with E-state index in [1.54, 1.807) is 17.8 Å². The number of H-pyrrole nitrogens is 1. The van der Waals surface area contributed by atoms with Crippen molar-refractivity contribution in [3.8, 4) is 0 Å². The molecule has 0 unspecified atom stereocenters. The highest BCUT2D eigenvalue weighted by atomic mass is 35.5. The van der Waals surface area contributed by atoms with Crippen molar-refractivity contribution in [2.45, 2.75) is 44.2 Å². The predicted molar refractivity (Wildman–Crippen MR) is 123 cm³/mol. The van der Waals surface area contributed by atoms with Crippen molar-refractivity contribution in [2.24, 2.45) is 0 Å². The van der Waals surface area contributed by atoms with Gasteiger partial charge < -0.3 is 10.0 Å². The molecule has 2 N–H and O–H groups in total. The minimum atomic E-state index is -0.604. The lowest BCUT2D eigenvalue weighted by Crippen LogP contribution is -2.34. The highest BCUT2D eigenvalue weighted by Crippen LogP contribution is 2.21. The summed E-state index contributed by atoms with van der Waals surface area (Å²) < 4.78 is 4.06. The summed E-state index contributed by atoms with van der Waals surface area (Å²) in [5.41, 5.74) is 0.983. The van der Waals surface area contributed by atoms with Gasteiger partial charge in [0.25, 0.3) is 0 Å². The normalized spacial score (nSPS) is 17.9. The number of carbonyl (C=O) groups is 1. The number of aromatic nitrogens is 2. The molecule has 162 valence electrons. The number of likely N-dealkylation sites (tertiary alicyclic amines) is 1. The highest BCUT2D eigenvalue weighted by molar-refractivity contribution is 7.99. The molecule has 2 atom stereocenters. The molecule has 1 amide bonds. The largest absolute Gasteiger partial charge is 0.389 e. The number of nitrogens with one attached hydrogen (secondary N) is 1. The molecule has 9 heteroatoms. The maximum Gasteiger partial charge on any atom is 0.323 e. The molecule has 30 heavy (non-hydrogen) atoms. The Morgan fingerprint density at radius 1 is 1.40 bits per heavy atom. The summed E-state index contributed by atoms with van der Waals surface area (Å²) in [6.07, 6.45) is 6.71. The number of nitrogens with zero attached hydrogens (tertiary/aromatic N) is 2. The molecule has 1 aliphatic rings. The van der Waals surface area contributed by atoms with Crippen molar-refractivity contribution < 1.29 is 9.90 Å². The van der Waals surface area contributed by atoms with Gasteiger partial charge in [0, 0.05) is 48.1 Å². The van der Waals surface area contributed by atoms with Crippen LogP contribution < -0.4 is 4.87 Å². The summed E-state index contributed by atoms with van der Waals surface area (Å²) in [5.74, 6) is 2.76. The number of rotatable bonds is 11. The highest BCUT2D eigenvalue weighted by Gasteiger charge is 2.28. The van der Waals surface area contributed by atoms with Gasteiger partial charge in [-0.25, -0.2) is 0 Å². The van der Waals surface area contributed by atoms with E-state index in [0.29, 0.717) is 24.4 Å².